The first-order chi connectivity index (χ1) is 10.5. The number of amides is 1. The van der Waals surface area contributed by atoms with Gasteiger partial charge in [0.1, 0.15) is 0 Å². The molecule has 0 radical (unpaired) electrons. The maximum Gasteiger partial charge on any atom is 0.246 e. The van der Waals surface area contributed by atoms with E-state index in [4.69, 9.17) is 11.6 Å². The van der Waals surface area contributed by atoms with Crippen molar-refractivity contribution in [3.63, 3.8) is 0 Å². The van der Waals surface area contributed by atoms with Crippen LogP contribution < -0.4 is 0 Å². The van der Waals surface area contributed by atoms with E-state index in [1.807, 2.05) is 68.5 Å². The maximum atomic E-state index is 12.3. The van der Waals surface area contributed by atoms with Crippen LogP contribution in [0.15, 0.2) is 54.6 Å². The third-order valence-electron chi connectivity index (χ3n) is 3.78. The molecule has 2 rings (SSSR count). The van der Waals surface area contributed by atoms with Crippen LogP contribution in [0.1, 0.15) is 29.7 Å². The molecule has 2 aromatic rings. The molecule has 0 bridgehead atoms. The molecular formula is C19H20ClNO. The molecule has 0 aliphatic rings. The Morgan fingerprint density at radius 3 is 2.27 bits per heavy atom. The second-order valence-corrected chi connectivity index (χ2v) is 5.86. The number of aryl methyl sites for hydroxylation is 1. The molecule has 0 aliphatic carbocycles. The molecule has 1 atom stereocenters. The van der Waals surface area contributed by atoms with E-state index in [0.29, 0.717) is 5.02 Å². The highest BCUT2D eigenvalue weighted by molar-refractivity contribution is 6.30. The van der Waals surface area contributed by atoms with Crippen molar-refractivity contribution in [2.75, 3.05) is 7.05 Å². The normalized spacial score (nSPS) is 12.4. The standard InChI is InChI=1S/C19H20ClNO/c1-14-4-6-16(7-5-14)8-13-19(22)21(3)15(2)17-9-11-18(20)12-10-17/h4-13,15H,1-3H3/b13-8+. The van der Waals surface area contributed by atoms with Crippen LogP contribution in [0.4, 0.5) is 0 Å². The number of hydrogen-bond acceptors (Lipinski definition) is 1. The van der Waals surface area contributed by atoms with Crippen molar-refractivity contribution >= 4 is 23.6 Å². The summed E-state index contributed by atoms with van der Waals surface area (Å²) in [5.41, 5.74) is 3.28. The van der Waals surface area contributed by atoms with Crippen LogP contribution in [0.5, 0.6) is 0 Å². The molecule has 0 saturated carbocycles. The van der Waals surface area contributed by atoms with Gasteiger partial charge in [-0.1, -0.05) is 53.6 Å². The van der Waals surface area contributed by atoms with Crippen molar-refractivity contribution in [2.45, 2.75) is 19.9 Å². The van der Waals surface area contributed by atoms with Gasteiger partial charge >= 0.3 is 0 Å². The number of nitrogens with zero attached hydrogens (tertiary/aromatic N) is 1. The van der Waals surface area contributed by atoms with Crippen LogP contribution in [0, 0.1) is 6.92 Å². The fourth-order valence-corrected chi connectivity index (χ4v) is 2.24. The lowest BCUT2D eigenvalue weighted by Crippen LogP contribution is -2.27. The summed E-state index contributed by atoms with van der Waals surface area (Å²) in [6.07, 6.45) is 3.45. The fourth-order valence-electron chi connectivity index (χ4n) is 2.12. The molecule has 0 aliphatic heterocycles. The lowest BCUT2D eigenvalue weighted by molar-refractivity contribution is -0.126. The predicted octanol–water partition coefficient (Wildman–Crippen LogP) is 4.88. The Balaban J connectivity index is 2.04. The van der Waals surface area contributed by atoms with Gasteiger partial charge in [-0.15, -0.1) is 0 Å². The molecule has 0 heterocycles. The molecule has 3 heteroatoms. The summed E-state index contributed by atoms with van der Waals surface area (Å²) in [6, 6.07) is 15.6. The minimum absolute atomic E-state index is 0.00701. The number of carbonyl (C=O) groups is 1. The molecule has 1 amide bonds. The monoisotopic (exact) mass is 313 g/mol. The van der Waals surface area contributed by atoms with Crippen LogP contribution in [-0.4, -0.2) is 17.9 Å². The molecule has 22 heavy (non-hydrogen) atoms. The number of rotatable bonds is 4. The topological polar surface area (TPSA) is 20.3 Å². The van der Waals surface area contributed by atoms with Crippen molar-refractivity contribution in [1.82, 2.24) is 4.90 Å². The summed E-state index contributed by atoms with van der Waals surface area (Å²) in [6.45, 7) is 4.04. The lowest BCUT2D eigenvalue weighted by atomic mass is 10.1. The molecule has 0 spiro atoms. The minimum atomic E-state index is -0.0250. The summed E-state index contributed by atoms with van der Waals surface area (Å²) in [5.74, 6) is -0.0250. The molecular weight excluding hydrogens is 294 g/mol. The zero-order valence-electron chi connectivity index (χ0n) is 13.1. The molecule has 2 aromatic carbocycles. The third-order valence-corrected chi connectivity index (χ3v) is 4.03. The van der Waals surface area contributed by atoms with E-state index in [1.54, 1.807) is 18.0 Å². The number of carbonyl (C=O) groups excluding carboxylic acids is 1. The SMILES string of the molecule is Cc1ccc(/C=C/C(=O)N(C)C(C)c2ccc(Cl)cc2)cc1. The molecule has 1 unspecified atom stereocenters. The zero-order valence-corrected chi connectivity index (χ0v) is 13.8. The quantitative estimate of drug-likeness (QED) is 0.737. The van der Waals surface area contributed by atoms with Gasteiger partial charge in [-0.25, -0.2) is 0 Å². The van der Waals surface area contributed by atoms with Gasteiger partial charge in [-0.3, -0.25) is 4.79 Å². The Labute approximate surface area is 137 Å². The third kappa shape index (κ3) is 4.22. The van der Waals surface area contributed by atoms with Crippen LogP contribution in [0.2, 0.25) is 5.02 Å². The number of benzene rings is 2. The van der Waals surface area contributed by atoms with Gasteiger partial charge in [-0.2, -0.15) is 0 Å². The highest BCUT2D eigenvalue weighted by Gasteiger charge is 2.15. The summed E-state index contributed by atoms with van der Waals surface area (Å²) in [4.78, 5) is 14.0. The molecule has 0 fully saturated rings. The minimum Gasteiger partial charge on any atom is -0.335 e. The first-order valence-electron chi connectivity index (χ1n) is 7.24. The second-order valence-electron chi connectivity index (χ2n) is 5.42. The second kappa shape index (κ2) is 7.28. The van der Waals surface area contributed by atoms with Crippen LogP contribution in [0.25, 0.3) is 6.08 Å². The van der Waals surface area contributed by atoms with Crippen LogP contribution in [-0.2, 0) is 4.79 Å². The average molecular weight is 314 g/mol. The van der Waals surface area contributed by atoms with E-state index in [2.05, 4.69) is 0 Å². The van der Waals surface area contributed by atoms with E-state index >= 15 is 0 Å². The maximum absolute atomic E-state index is 12.3. The van der Waals surface area contributed by atoms with Gasteiger partial charge in [0.15, 0.2) is 0 Å². The highest BCUT2D eigenvalue weighted by Crippen LogP contribution is 2.21. The van der Waals surface area contributed by atoms with Crippen molar-refractivity contribution in [1.29, 1.82) is 0 Å². The summed E-state index contributed by atoms with van der Waals surface area (Å²) in [7, 11) is 1.81. The Morgan fingerprint density at radius 1 is 1.09 bits per heavy atom. The van der Waals surface area contributed by atoms with Crippen molar-refractivity contribution in [3.05, 3.63) is 76.3 Å². The first-order valence-corrected chi connectivity index (χ1v) is 7.62. The van der Waals surface area contributed by atoms with Crippen molar-refractivity contribution in [2.24, 2.45) is 0 Å². The molecule has 2 nitrogen and oxygen atoms in total. The summed E-state index contributed by atoms with van der Waals surface area (Å²) < 4.78 is 0. The number of halogens is 1. The zero-order chi connectivity index (χ0) is 16.1. The smallest absolute Gasteiger partial charge is 0.246 e. The van der Waals surface area contributed by atoms with E-state index in [1.165, 1.54) is 5.56 Å². The van der Waals surface area contributed by atoms with E-state index in [0.717, 1.165) is 11.1 Å². The van der Waals surface area contributed by atoms with Crippen molar-refractivity contribution in [3.8, 4) is 0 Å². The summed E-state index contributed by atoms with van der Waals surface area (Å²) >= 11 is 5.90. The van der Waals surface area contributed by atoms with Gasteiger partial charge in [-0.05, 0) is 43.2 Å². The highest BCUT2D eigenvalue weighted by atomic mass is 35.5. The average Bonchev–Trinajstić information content (AvgIpc) is 2.53. The van der Waals surface area contributed by atoms with Gasteiger partial charge in [0, 0.05) is 18.1 Å². The van der Waals surface area contributed by atoms with E-state index < -0.39 is 0 Å². The fraction of sp³-hybridized carbons (Fsp3) is 0.211. The molecule has 0 aromatic heterocycles. The number of likely N-dealkylation sites (N-methyl/N-ethyl adjacent to an activating group) is 1. The Morgan fingerprint density at radius 2 is 1.68 bits per heavy atom. The lowest BCUT2D eigenvalue weighted by Gasteiger charge is -2.24. The molecule has 0 N–H and O–H groups in total. The Hall–Kier alpha value is -2.06. The summed E-state index contributed by atoms with van der Waals surface area (Å²) in [5, 5.41) is 0.698. The van der Waals surface area contributed by atoms with Crippen LogP contribution >= 0.6 is 11.6 Å². The first kappa shape index (κ1) is 16.3. The number of hydrogen-bond donors (Lipinski definition) is 0. The van der Waals surface area contributed by atoms with E-state index in [-0.39, 0.29) is 11.9 Å². The Bertz CT molecular complexity index is 659. The Kier molecular flexibility index (Phi) is 5.40. The van der Waals surface area contributed by atoms with Gasteiger partial charge < -0.3 is 4.90 Å². The predicted molar refractivity (Wildman–Crippen MR) is 92.9 cm³/mol. The molecule has 114 valence electrons. The van der Waals surface area contributed by atoms with Gasteiger partial charge in [0.2, 0.25) is 5.91 Å². The largest absolute Gasteiger partial charge is 0.335 e. The van der Waals surface area contributed by atoms with Gasteiger partial charge in [0.05, 0.1) is 6.04 Å². The van der Waals surface area contributed by atoms with Gasteiger partial charge in [0.25, 0.3) is 0 Å². The van der Waals surface area contributed by atoms with Crippen molar-refractivity contribution < 1.29 is 4.79 Å². The van der Waals surface area contributed by atoms with Crippen LogP contribution in [0.3, 0.4) is 0 Å². The molecule has 0 saturated heterocycles. The van der Waals surface area contributed by atoms with E-state index in [9.17, 15) is 4.79 Å².